The molecule has 0 bridgehead atoms. The highest BCUT2D eigenvalue weighted by molar-refractivity contribution is 6.74. The highest BCUT2D eigenvalue weighted by Crippen LogP contribution is 2.43. The van der Waals surface area contributed by atoms with Crippen molar-refractivity contribution in [3.8, 4) is 0 Å². The Morgan fingerprint density at radius 1 is 0.900 bits per heavy atom. The number of carbonyl (C=O) groups is 1. The van der Waals surface area contributed by atoms with E-state index in [4.69, 9.17) is 21.0 Å². The van der Waals surface area contributed by atoms with Crippen LogP contribution in [-0.2, 0) is 14.8 Å². The first-order valence-electron chi connectivity index (χ1n) is 13.7. The van der Waals surface area contributed by atoms with Crippen LogP contribution in [0.4, 0.5) is 0 Å². The van der Waals surface area contributed by atoms with Gasteiger partial charge < -0.3 is 14.3 Å². The summed E-state index contributed by atoms with van der Waals surface area (Å²) in [5.74, 6) is -0.338. The Kier molecular flexibility index (Phi) is 9.03. The molecule has 0 spiro atoms. The maximum atomic E-state index is 12.3. The molecule has 1 aromatic heterocycles. The van der Waals surface area contributed by atoms with Crippen LogP contribution < -0.4 is 5.32 Å². The zero-order valence-corrected chi connectivity index (χ0v) is 26.0. The molecule has 5 nitrogen and oxygen atoms in total. The highest BCUT2D eigenvalue weighted by Gasteiger charge is 2.43. The normalized spacial score (nSPS) is 14.0. The number of nitrogens with zero attached hydrogens (tertiary/aromatic N) is 2. The number of rotatable bonds is 10. The van der Waals surface area contributed by atoms with Crippen molar-refractivity contribution in [3.63, 3.8) is 0 Å². The smallest absolute Gasteiger partial charge is 0.235 e. The van der Waals surface area contributed by atoms with Gasteiger partial charge in [-0.1, -0.05) is 112 Å². The molecule has 0 radical (unpaired) electrons. The van der Waals surface area contributed by atoms with Gasteiger partial charge >= 0.3 is 0 Å². The number of alkyl halides is 1. The van der Waals surface area contributed by atoms with Gasteiger partial charge in [-0.15, -0.1) is 11.6 Å². The third-order valence-corrected chi connectivity index (χ3v) is 12.7. The fraction of sp³-hybridized carbons (Fsp3) is 0.333. The molecule has 0 fully saturated rings. The monoisotopic (exact) mass is 573 g/mol. The summed E-state index contributed by atoms with van der Waals surface area (Å²) in [7, 11) is -2.24. The summed E-state index contributed by atoms with van der Waals surface area (Å²) in [6.45, 7) is 13.0. The van der Waals surface area contributed by atoms with Gasteiger partial charge in [0, 0.05) is 6.20 Å². The number of amides is 1. The summed E-state index contributed by atoms with van der Waals surface area (Å²) >= 11 is 5.86. The van der Waals surface area contributed by atoms with Gasteiger partial charge in [-0.3, -0.25) is 4.79 Å². The van der Waals surface area contributed by atoms with Gasteiger partial charge in [0.15, 0.2) is 8.32 Å². The standard InChI is InChI=1S/C33H40ClN3O2Si/c1-25(36-30(38)22-34)31(39-40(5,6)32(2,3)4)29-23-37(24-35-29)33(26-16-10-7-11-17-26,27-18-12-8-13-19-27)28-20-14-9-15-21-28/h7-21,23-25,31H,22H2,1-6H3,(H,36,38). The van der Waals surface area contributed by atoms with Gasteiger partial charge in [0.25, 0.3) is 0 Å². The average molecular weight is 574 g/mol. The number of halogens is 1. The van der Waals surface area contributed by atoms with Gasteiger partial charge in [-0.2, -0.15) is 0 Å². The van der Waals surface area contributed by atoms with E-state index in [0.29, 0.717) is 0 Å². The summed E-state index contributed by atoms with van der Waals surface area (Å²) in [5.41, 5.74) is 3.42. The summed E-state index contributed by atoms with van der Waals surface area (Å²) < 4.78 is 9.12. The Hall–Kier alpha value is -3.19. The van der Waals surface area contributed by atoms with E-state index in [9.17, 15) is 4.79 Å². The van der Waals surface area contributed by atoms with Crippen molar-refractivity contribution in [2.24, 2.45) is 0 Å². The number of nitrogens with one attached hydrogen (secondary N) is 1. The fourth-order valence-electron chi connectivity index (χ4n) is 4.93. The lowest BCUT2D eigenvalue weighted by atomic mass is 9.77. The minimum absolute atomic E-state index is 0.0219. The second kappa shape index (κ2) is 12.1. The average Bonchev–Trinajstić information content (AvgIpc) is 3.43. The largest absolute Gasteiger partial charge is 0.406 e. The molecule has 2 atom stereocenters. The van der Waals surface area contributed by atoms with Crippen LogP contribution in [0.1, 0.15) is 56.2 Å². The molecule has 1 amide bonds. The minimum Gasteiger partial charge on any atom is -0.406 e. The second-order valence-electron chi connectivity index (χ2n) is 11.8. The molecule has 0 saturated carbocycles. The first kappa shape index (κ1) is 29.8. The van der Waals surface area contributed by atoms with E-state index in [1.54, 1.807) is 0 Å². The molecule has 7 heteroatoms. The molecule has 2 unspecified atom stereocenters. The Balaban J connectivity index is 1.93. The molecular formula is C33H40ClN3O2Si. The molecule has 0 aliphatic rings. The van der Waals surface area contributed by atoms with Crippen molar-refractivity contribution < 1.29 is 9.22 Å². The van der Waals surface area contributed by atoms with E-state index < -0.39 is 20.0 Å². The van der Waals surface area contributed by atoms with Gasteiger partial charge in [-0.05, 0) is 41.7 Å². The van der Waals surface area contributed by atoms with E-state index in [1.165, 1.54) is 0 Å². The van der Waals surface area contributed by atoms with E-state index in [-0.39, 0.29) is 22.9 Å². The van der Waals surface area contributed by atoms with Crippen LogP contribution in [0.15, 0.2) is 104 Å². The van der Waals surface area contributed by atoms with Crippen LogP contribution in [-0.4, -0.2) is 35.7 Å². The number of imidazole rings is 1. The molecule has 3 aromatic carbocycles. The number of aromatic nitrogens is 2. The van der Waals surface area contributed by atoms with Crippen molar-refractivity contribution in [1.29, 1.82) is 0 Å². The molecule has 1 N–H and O–H groups in total. The van der Waals surface area contributed by atoms with Crippen molar-refractivity contribution in [2.75, 3.05) is 5.88 Å². The van der Waals surface area contributed by atoms with Crippen LogP contribution >= 0.6 is 11.6 Å². The first-order chi connectivity index (χ1) is 19.0. The fourth-order valence-corrected chi connectivity index (χ4v) is 6.33. The maximum Gasteiger partial charge on any atom is 0.235 e. The van der Waals surface area contributed by atoms with Crippen LogP contribution in [0.2, 0.25) is 18.1 Å². The Morgan fingerprint density at radius 3 is 1.75 bits per heavy atom. The Bertz CT molecular complexity index is 1290. The number of hydrogen-bond donors (Lipinski definition) is 1. The third-order valence-electron chi connectivity index (χ3n) is 8.05. The van der Waals surface area contributed by atoms with Crippen LogP contribution in [0.25, 0.3) is 0 Å². The molecule has 40 heavy (non-hydrogen) atoms. The second-order valence-corrected chi connectivity index (χ2v) is 16.8. The van der Waals surface area contributed by atoms with Gasteiger partial charge in [0.2, 0.25) is 5.91 Å². The SMILES string of the molecule is CC(NC(=O)CCl)C(O[Si](C)(C)C(C)(C)C)c1cn(C(c2ccccc2)(c2ccccc2)c2ccccc2)cn1. The van der Waals surface area contributed by atoms with Crippen molar-refractivity contribution >= 4 is 25.8 Å². The van der Waals surface area contributed by atoms with E-state index >= 15 is 0 Å². The minimum atomic E-state index is -2.24. The molecular weight excluding hydrogens is 534 g/mol. The first-order valence-corrected chi connectivity index (χ1v) is 17.2. The molecule has 1 heterocycles. The summed E-state index contributed by atoms with van der Waals surface area (Å²) in [6.07, 6.45) is 3.52. The maximum absolute atomic E-state index is 12.3. The van der Waals surface area contributed by atoms with Crippen molar-refractivity contribution in [2.45, 2.75) is 63.5 Å². The molecule has 4 rings (SSSR count). The zero-order valence-electron chi connectivity index (χ0n) is 24.3. The molecule has 0 aliphatic carbocycles. The lowest BCUT2D eigenvalue weighted by Crippen LogP contribution is -2.47. The topological polar surface area (TPSA) is 56.1 Å². The van der Waals surface area contributed by atoms with Gasteiger partial charge in [-0.25, -0.2) is 4.98 Å². The zero-order chi connectivity index (χ0) is 29.0. The number of carbonyl (C=O) groups excluding carboxylic acids is 1. The molecule has 0 aliphatic heterocycles. The molecule has 210 valence electrons. The third kappa shape index (κ3) is 5.94. The van der Waals surface area contributed by atoms with E-state index in [2.05, 4.69) is 123 Å². The quantitative estimate of drug-likeness (QED) is 0.121. The van der Waals surface area contributed by atoms with Gasteiger partial charge in [0.05, 0.1) is 18.1 Å². The van der Waals surface area contributed by atoms with E-state index in [0.717, 1.165) is 22.4 Å². The predicted molar refractivity (Wildman–Crippen MR) is 166 cm³/mol. The van der Waals surface area contributed by atoms with E-state index in [1.807, 2.05) is 31.5 Å². The van der Waals surface area contributed by atoms with Crippen molar-refractivity contribution in [1.82, 2.24) is 14.9 Å². The lowest BCUT2D eigenvalue weighted by molar-refractivity contribution is -0.120. The molecule has 4 aromatic rings. The number of benzene rings is 3. The summed E-state index contributed by atoms with van der Waals surface area (Å²) in [4.78, 5) is 17.3. The van der Waals surface area contributed by atoms with Crippen molar-refractivity contribution in [3.05, 3.63) is 126 Å². The number of hydrogen-bond acceptors (Lipinski definition) is 3. The molecule has 0 saturated heterocycles. The van der Waals surface area contributed by atoms with Crippen LogP contribution in [0.5, 0.6) is 0 Å². The Labute approximate surface area is 244 Å². The summed E-state index contributed by atoms with van der Waals surface area (Å²) in [6, 6.07) is 31.2. The van der Waals surface area contributed by atoms with Crippen LogP contribution in [0.3, 0.4) is 0 Å². The summed E-state index contributed by atoms with van der Waals surface area (Å²) in [5, 5.41) is 3.00. The predicted octanol–water partition coefficient (Wildman–Crippen LogP) is 7.53. The van der Waals surface area contributed by atoms with Gasteiger partial charge in [0.1, 0.15) is 17.5 Å². The highest BCUT2D eigenvalue weighted by atomic mass is 35.5. The van der Waals surface area contributed by atoms with Crippen LogP contribution in [0, 0.1) is 0 Å². The lowest BCUT2D eigenvalue weighted by Gasteiger charge is -2.40. The Morgan fingerprint density at radius 2 is 1.35 bits per heavy atom.